The monoisotopic (exact) mass is 280 g/mol. The Morgan fingerprint density at radius 1 is 0.944 bits per heavy atom. The van der Waals surface area contributed by atoms with Crippen molar-refractivity contribution in [1.29, 1.82) is 0 Å². The summed E-state index contributed by atoms with van der Waals surface area (Å²) < 4.78 is 0. The lowest BCUT2D eigenvalue weighted by atomic mass is 10.2. The number of rotatable bonds is 7. The first-order valence-electron chi connectivity index (χ1n) is 6.60. The zero-order chi connectivity index (χ0) is 13.7. The summed E-state index contributed by atoms with van der Waals surface area (Å²) in [6, 6.07) is 0. The highest BCUT2D eigenvalue weighted by Gasteiger charge is 2.13. The third kappa shape index (κ3) is 3.59. The van der Waals surface area contributed by atoms with E-state index in [0.717, 1.165) is 0 Å². The fourth-order valence-corrected chi connectivity index (χ4v) is 7.89. The maximum Gasteiger partial charge on any atom is -0.00963 e. The zero-order valence-corrected chi connectivity index (χ0v) is 14.1. The van der Waals surface area contributed by atoms with Crippen LogP contribution in [0.1, 0.15) is 21.7 Å². The molecule has 0 aliphatic heterocycles. The molecule has 0 amide bonds. The van der Waals surface area contributed by atoms with Crippen molar-refractivity contribution in [3.63, 3.8) is 0 Å². The van der Waals surface area contributed by atoms with Gasteiger partial charge in [0, 0.05) is 0 Å². The van der Waals surface area contributed by atoms with Gasteiger partial charge in [0.05, 0.1) is 0 Å². The van der Waals surface area contributed by atoms with E-state index in [1.165, 1.54) is 24.6 Å². The van der Waals surface area contributed by atoms with Crippen molar-refractivity contribution in [3.05, 3.63) is 47.0 Å². The SMILES string of the molecule is C=CCP(CC=C)CCp1c(C)c(C)c(C)c1C. The van der Waals surface area contributed by atoms with Gasteiger partial charge in [-0.05, 0) is 74.1 Å². The highest BCUT2D eigenvalue weighted by Crippen LogP contribution is 2.48. The molecule has 0 aromatic carbocycles. The van der Waals surface area contributed by atoms with Crippen molar-refractivity contribution in [3.8, 4) is 0 Å². The van der Waals surface area contributed by atoms with Crippen LogP contribution in [0.15, 0.2) is 25.3 Å². The third-order valence-corrected chi connectivity index (χ3v) is 9.59. The van der Waals surface area contributed by atoms with Crippen LogP contribution in [0.25, 0.3) is 0 Å². The minimum Gasteiger partial charge on any atom is -0.118 e. The van der Waals surface area contributed by atoms with Gasteiger partial charge in [-0.25, -0.2) is 0 Å². The van der Waals surface area contributed by atoms with Crippen LogP contribution in [-0.4, -0.2) is 18.5 Å². The van der Waals surface area contributed by atoms with Gasteiger partial charge >= 0.3 is 0 Å². The fraction of sp³-hybridized carbons (Fsp3) is 0.500. The molecule has 0 saturated heterocycles. The molecule has 0 nitrogen and oxygen atoms in total. The Morgan fingerprint density at radius 2 is 1.39 bits per heavy atom. The highest BCUT2D eigenvalue weighted by molar-refractivity contribution is 7.59. The van der Waals surface area contributed by atoms with Crippen LogP contribution in [-0.2, 0) is 6.16 Å². The van der Waals surface area contributed by atoms with Crippen molar-refractivity contribution < 1.29 is 0 Å². The minimum absolute atomic E-state index is 0.00666. The smallest absolute Gasteiger partial charge is 0.00963 e. The molecule has 0 spiro atoms. The van der Waals surface area contributed by atoms with Crippen LogP contribution in [0.5, 0.6) is 0 Å². The quantitative estimate of drug-likeness (QED) is 0.440. The second-order valence-corrected chi connectivity index (χ2v) is 10.1. The topological polar surface area (TPSA) is 0 Å². The molecule has 0 unspecified atom stereocenters. The Morgan fingerprint density at radius 3 is 1.78 bits per heavy atom. The fourth-order valence-electron chi connectivity index (χ4n) is 2.40. The summed E-state index contributed by atoms with van der Waals surface area (Å²) in [5, 5.41) is 3.32. The summed E-state index contributed by atoms with van der Waals surface area (Å²) >= 11 is 0. The average molecular weight is 280 g/mol. The largest absolute Gasteiger partial charge is 0.118 e. The number of allylic oxidation sites excluding steroid dienone is 2. The summed E-state index contributed by atoms with van der Waals surface area (Å²) in [5.41, 5.74) is 3.10. The van der Waals surface area contributed by atoms with E-state index in [4.69, 9.17) is 0 Å². The second-order valence-electron chi connectivity index (χ2n) is 4.91. The van der Waals surface area contributed by atoms with Gasteiger partial charge in [-0.3, -0.25) is 0 Å². The first-order valence-corrected chi connectivity index (χ1v) is 10.0. The molecule has 2 heteroatoms. The van der Waals surface area contributed by atoms with Crippen molar-refractivity contribution in [2.75, 3.05) is 18.5 Å². The van der Waals surface area contributed by atoms with E-state index in [0.29, 0.717) is 0 Å². The predicted molar refractivity (Wildman–Crippen MR) is 90.0 cm³/mol. The van der Waals surface area contributed by atoms with E-state index in [2.05, 4.69) is 53.0 Å². The van der Waals surface area contributed by atoms with Gasteiger partial charge in [-0.2, -0.15) is 0 Å². The molecular formula is C16H26P2. The summed E-state index contributed by atoms with van der Waals surface area (Å²) in [4.78, 5) is 0. The van der Waals surface area contributed by atoms with Crippen LogP contribution in [0.3, 0.4) is 0 Å². The lowest BCUT2D eigenvalue weighted by Gasteiger charge is -2.14. The molecule has 0 aliphatic carbocycles. The third-order valence-electron chi connectivity index (χ3n) is 3.87. The standard InChI is InChI=1S/C16H26P2/c1-7-9-17(10-8-2)11-12-18-15(5)13(3)14(4)16(18)6/h7-8H,1-2,9-12H2,3-6H3. The Kier molecular flexibility index (Phi) is 6.40. The van der Waals surface area contributed by atoms with E-state index in [-0.39, 0.29) is 15.5 Å². The van der Waals surface area contributed by atoms with Crippen LogP contribution in [0.4, 0.5) is 0 Å². The minimum atomic E-state index is 0.00666. The van der Waals surface area contributed by atoms with Gasteiger partial charge in [0.1, 0.15) is 0 Å². The first kappa shape index (κ1) is 15.7. The van der Waals surface area contributed by atoms with Gasteiger partial charge in [-0.15, -0.1) is 20.7 Å². The summed E-state index contributed by atoms with van der Waals surface area (Å²) in [6.07, 6.45) is 9.28. The molecule has 0 fully saturated rings. The zero-order valence-electron chi connectivity index (χ0n) is 12.3. The molecule has 0 radical (unpaired) electrons. The van der Waals surface area contributed by atoms with Crippen molar-refractivity contribution in [2.45, 2.75) is 33.9 Å². The molecule has 0 aliphatic rings. The molecule has 0 atom stereocenters. The highest BCUT2D eigenvalue weighted by atomic mass is 31.1. The van der Waals surface area contributed by atoms with Crippen LogP contribution >= 0.6 is 15.5 Å². The van der Waals surface area contributed by atoms with E-state index >= 15 is 0 Å². The van der Waals surface area contributed by atoms with Gasteiger partial charge in [0.25, 0.3) is 0 Å². The Hall–Kier alpha value is -0.310. The molecule has 1 aromatic rings. The molecular weight excluding hydrogens is 254 g/mol. The van der Waals surface area contributed by atoms with Crippen LogP contribution in [0.2, 0.25) is 0 Å². The van der Waals surface area contributed by atoms with Gasteiger partial charge < -0.3 is 0 Å². The van der Waals surface area contributed by atoms with E-state index in [1.54, 1.807) is 21.7 Å². The van der Waals surface area contributed by atoms with Crippen LogP contribution in [0, 0.1) is 27.7 Å². The Labute approximate surface area is 115 Å². The normalized spacial score (nSPS) is 10.9. The van der Waals surface area contributed by atoms with Gasteiger partial charge in [0.15, 0.2) is 0 Å². The lowest BCUT2D eigenvalue weighted by Crippen LogP contribution is -1.92. The molecule has 1 rings (SSSR count). The summed E-state index contributed by atoms with van der Waals surface area (Å²) in [7, 11) is 0.0979. The van der Waals surface area contributed by atoms with Crippen molar-refractivity contribution in [2.24, 2.45) is 0 Å². The van der Waals surface area contributed by atoms with E-state index in [9.17, 15) is 0 Å². The molecule has 0 bridgehead atoms. The maximum atomic E-state index is 3.89. The van der Waals surface area contributed by atoms with Gasteiger partial charge in [0.2, 0.25) is 0 Å². The number of hydrogen-bond donors (Lipinski definition) is 0. The molecule has 100 valence electrons. The molecule has 18 heavy (non-hydrogen) atoms. The average Bonchev–Trinajstić information content (AvgIpc) is 2.53. The summed E-state index contributed by atoms with van der Waals surface area (Å²) in [5.74, 6) is 0. The molecule has 0 saturated carbocycles. The van der Waals surface area contributed by atoms with E-state index < -0.39 is 0 Å². The predicted octanol–water partition coefficient (Wildman–Crippen LogP) is 5.76. The van der Waals surface area contributed by atoms with E-state index in [1.807, 2.05) is 0 Å². The lowest BCUT2D eigenvalue weighted by molar-refractivity contribution is 1.32. The number of hydrogen-bond acceptors (Lipinski definition) is 0. The first-order chi connectivity index (χ1) is 8.52. The van der Waals surface area contributed by atoms with Gasteiger partial charge in [-0.1, -0.05) is 20.1 Å². The van der Waals surface area contributed by atoms with Crippen molar-refractivity contribution >= 4 is 15.5 Å². The van der Waals surface area contributed by atoms with Crippen molar-refractivity contribution in [1.82, 2.24) is 0 Å². The maximum absolute atomic E-state index is 3.89. The summed E-state index contributed by atoms with van der Waals surface area (Å²) in [6.45, 7) is 17.0. The van der Waals surface area contributed by atoms with Crippen LogP contribution < -0.4 is 0 Å². The second kappa shape index (κ2) is 7.32. The molecule has 1 heterocycles. The Balaban J connectivity index is 2.75. The molecule has 0 N–H and O–H groups in total. The Bertz CT molecular complexity index is 391. The molecule has 1 aromatic heterocycles.